The Morgan fingerprint density at radius 2 is 1.12 bits per heavy atom. The van der Waals surface area contributed by atoms with Crippen molar-refractivity contribution < 1.29 is 19.8 Å². The zero-order chi connectivity index (χ0) is 34.1. The first kappa shape index (κ1) is 37.2. The van der Waals surface area contributed by atoms with Crippen LogP contribution in [0.5, 0.6) is 11.5 Å². The number of unbranched alkanes of at least 4 members (excludes halogenated alkanes) is 7. The Morgan fingerprint density at radius 3 is 1.71 bits per heavy atom. The van der Waals surface area contributed by atoms with E-state index in [-0.39, 0.29) is 12.5 Å². The predicted molar refractivity (Wildman–Crippen MR) is 199 cm³/mol. The number of aliphatic hydroxyl groups is 1. The fourth-order valence-corrected chi connectivity index (χ4v) is 7.66. The zero-order valence-corrected chi connectivity index (χ0v) is 29.1. The maximum Gasteiger partial charge on any atom is 0.154 e. The van der Waals surface area contributed by atoms with E-state index in [4.69, 9.17) is 5.73 Å². The minimum Gasteiger partial charge on any atom is -0.508 e. The van der Waals surface area contributed by atoms with Gasteiger partial charge in [-0.15, -0.1) is 0 Å². The second-order valence-electron chi connectivity index (χ2n) is 13.8. The molecule has 0 spiro atoms. The highest BCUT2D eigenvalue weighted by atomic mass is 16.3. The highest BCUT2D eigenvalue weighted by Crippen LogP contribution is 2.40. The Kier molecular flexibility index (Phi) is 15.0. The summed E-state index contributed by atoms with van der Waals surface area (Å²) in [6, 6.07) is 36.3. The number of phenols is 2. The lowest BCUT2D eigenvalue weighted by molar-refractivity contribution is -0.993. The molecule has 0 saturated carbocycles. The summed E-state index contributed by atoms with van der Waals surface area (Å²) >= 11 is 0. The summed E-state index contributed by atoms with van der Waals surface area (Å²) in [4.78, 5) is 0. The number of phenolic OH excluding ortho intramolecular Hbond substituents is 2. The first-order chi connectivity index (χ1) is 23.4. The molecule has 4 aromatic rings. The molecule has 0 heterocycles. The van der Waals surface area contributed by atoms with Crippen molar-refractivity contribution in [3.63, 3.8) is 0 Å². The largest absolute Gasteiger partial charge is 0.508 e. The van der Waals surface area contributed by atoms with Gasteiger partial charge in [-0.1, -0.05) is 149 Å². The SMILES string of the molecule is CCCCCCCCCCC(N)(C(Cc1ccccc1)Cc1ccccc1O)[N+](CCO)(CCc1ccccc1O)Cc1ccccc1. The van der Waals surface area contributed by atoms with E-state index in [1.165, 1.54) is 49.7 Å². The van der Waals surface area contributed by atoms with Crippen LogP contribution in [0.3, 0.4) is 0 Å². The number of aromatic hydroxyl groups is 2. The lowest BCUT2D eigenvalue weighted by Gasteiger charge is -2.55. The Bertz CT molecular complexity index is 1460. The van der Waals surface area contributed by atoms with Gasteiger partial charge in [0.05, 0.1) is 13.2 Å². The van der Waals surface area contributed by atoms with E-state index in [2.05, 4.69) is 55.5 Å². The smallest absolute Gasteiger partial charge is 0.154 e. The molecule has 4 aromatic carbocycles. The number of rotatable bonds is 22. The molecule has 0 aliphatic rings. The molecule has 0 radical (unpaired) electrons. The fraction of sp³-hybridized carbons (Fsp3) is 0.442. The average molecular weight is 652 g/mol. The van der Waals surface area contributed by atoms with Crippen molar-refractivity contribution in [1.82, 2.24) is 0 Å². The van der Waals surface area contributed by atoms with Crippen molar-refractivity contribution in [2.24, 2.45) is 11.7 Å². The van der Waals surface area contributed by atoms with Crippen LogP contribution >= 0.6 is 0 Å². The molecule has 0 aliphatic carbocycles. The third-order valence-electron chi connectivity index (χ3n) is 10.5. The van der Waals surface area contributed by atoms with Gasteiger partial charge in [0.2, 0.25) is 0 Å². The molecule has 3 unspecified atom stereocenters. The maximum absolute atomic E-state index is 11.0. The summed E-state index contributed by atoms with van der Waals surface area (Å²) in [5, 5.41) is 32.7. The van der Waals surface area contributed by atoms with E-state index < -0.39 is 5.66 Å². The summed E-state index contributed by atoms with van der Waals surface area (Å²) < 4.78 is 0.476. The van der Waals surface area contributed by atoms with Gasteiger partial charge in [-0.25, -0.2) is 0 Å². The van der Waals surface area contributed by atoms with Crippen LogP contribution in [0.2, 0.25) is 0 Å². The van der Waals surface area contributed by atoms with Gasteiger partial charge < -0.3 is 19.8 Å². The van der Waals surface area contributed by atoms with Crippen molar-refractivity contribution in [2.75, 3.05) is 19.7 Å². The van der Waals surface area contributed by atoms with E-state index in [1.54, 1.807) is 12.1 Å². The van der Waals surface area contributed by atoms with Crippen LogP contribution in [0.15, 0.2) is 109 Å². The zero-order valence-electron chi connectivity index (χ0n) is 29.1. The second-order valence-corrected chi connectivity index (χ2v) is 13.8. The molecule has 0 bridgehead atoms. The summed E-state index contributed by atoms with van der Waals surface area (Å²) in [5.74, 6) is 0.542. The van der Waals surface area contributed by atoms with Crippen LogP contribution in [-0.2, 0) is 25.8 Å². The van der Waals surface area contributed by atoms with E-state index in [0.29, 0.717) is 48.5 Å². The Labute approximate surface area is 289 Å². The Hall–Kier alpha value is -3.64. The van der Waals surface area contributed by atoms with Crippen molar-refractivity contribution in [3.05, 3.63) is 131 Å². The van der Waals surface area contributed by atoms with Gasteiger partial charge in [-0.05, 0) is 48.1 Å². The van der Waals surface area contributed by atoms with Crippen LogP contribution in [0, 0.1) is 5.92 Å². The lowest BCUT2D eigenvalue weighted by Crippen LogP contribution is -2.74. The van der Waals surface area contributed by atoms with Crippen molar-refractivity contribution in [1.29, 1.82) is 0 Å². The third kappa shape index (κ3) is 10.4. The number of hydrogen-bond acceptors (Lipinski definition) is 4. The van der Waals surface area contributed by atoms with Crippen LogP contribution < -0.4 is 5.73 Å². The van der Waals surface area contributed by atoms with Gasteiger partial charge in [0.15, 0.2) is 5.66 Å². The molecule has 0 amide bonds. The van der Waals surface area contributed by atoms with E-state index in [1.807, 2.05) is 48.5 Å². The van der Waals surface area contributed by atoms with Crippen LogP contribution in [0.4, 0.5) is 0 Å². The summed E-state index contributed by atoms with van der Waals surface area (Å²) in [6.45, 7) is 4.06. The number of benzene rings is 4. The minimum absolute atomic E-state index is 0.00136. The first-order valence-electron chi connectivity index (χ1n) is 18.3. The molecular weight excluding hydrogens is 592 g/mol. The number of nitrogens with two attached hydrogens (primary N) is 1. The Balaban J connectivity index is 1.80. The summed E-state index contributed by atoms with van der Waals surface area (Å²) in [6.07, 6.45) is 12.5. The van der Waals surface area contributed by atoms with Crippen LogP contribution in [0.1, 0.15) is 87.0 Å². The molecule has 4 rings (SSSR count). The lowest BCUT2D eigenvalue weighted by atomic mass is 9.76. The van der Waals surface area contributed by atoms with Gasteiger partial charge in [-0.2, -0.15) is 0 Å². The summed E-state index contributed by atoms with van der Waals surface area (Å²) in [5.41, 5.74) is 11.5. The van der Waals surface area contributed by atoms with Gasteiger partial charge in [0.1, 0.15) is 24.6 Å². The topological polar surface area (TPSA) is 86.7 Å². The van der Waals surface area contributed by atoms with Crippen LogP contribution in [0.25, 0.3) is 0 Å². The normalized spacial score (nSPS) is 14.6. The van der Waals surface area contributed by atoms with Gasteiger partial charge >= 0.3 is 0 Å². The number of hydrogen-bond donors (Lipinski definition) is 4. The van der Waals surface area contributed by atoms with E-state index in [9.17, 15) is 15.3 Å². The Morgan fingerprint density at radius 1 is 0.604 bits per heavy atom. The molecule has 5 N–H and O–H groups in total. The highest BCUT2D eigenvalue weighted by molar-refractivity contribution is 5.33. The number of para-hydroxylation sites is 2. The molecule has 0 aromatic heterocycles. The van der Waals surface area contributed by atoms with Gasteiger partial charge in [0, 0.05) is 24.3 Å². The maximum atomic E-state index is 11.0. The molecule has 5 heteroatoms. The predicted octanol–water partition coefficient (Wildman–Crippen LogP) is 8.94. The summed E-state index contributed by atoms with van der Waals surface area (Å²) in [7, 11) is 0. The molecule has 0 saturated heterocycles. The fourth-order valence-electron chi connectivity index (χ4n) is 7.66. The third-order valence-corrected chi connectivity index (χ3v) is 10.5. The standard InChI is InChI=1S/C43H58N2O3/c1-2-3-4-5-6-7-8-19-29-43(44,40(33-36-20-11-9-12-21-36)34-39-25-16-18-27-42(39)48)45(31-32-46,35-37-22-13-10-14-23-37)30-28-38-24-15-17-26-41(38)47/h9-18,20-27,40,46H,2-8,19,28-35,44H2,1H3,(H-,47,48)/p+1. The number of nitrogens with zero attached hydrogens (tertiary/aromatic N) is 1. The number of aliphatic hydroxyl groups excluding tert-OH is 1. The molecule has 0 aliphatic heterocycles. The van der Waals surface area contributed by atoms with E-state index >= 15 is 0 Å². The quantitative estimate of drug-likeness (QED) is 0.0388. The van der Waals surface area contributed by atoms with E-state index in [0.717, 1.165) is 36.8 Å². The highest BCUT2D eigenvalue weighted by Gasteiger charge is 2.52. The molecule has 258 valence electrons. The number of quaternary nitrogens is 1. The molecule has 48 heavy (non-hydrogen) atoms. The molecule has 5 nitrogen and oxygen atoms in total. The minimum atomic E-state index is -0.761. The average Bonchev–Trinajstić information content (AvgIpc) is 3.10. The first-order valence-corrected chi connectivity index (χ1v) is 18.3. The van der Waals surface area contributed by atoms with Crippen molar-refractivity contribution >= 4 is 0 Å². The molecular formula is C43H59N2O3+. The van der Waals surface area contributed by atoms with Crippen molar-refractivity contribution in [3.8, 4) is 11.5 Å². The van der Waals surface area contributed by atoms with Gasteiger partial charge in [0.25, 0.3) is 0 Å². The second kappa shape index (κ2) is 19.4. The van der Waals surface area contributed by atoms with Gasteiger partial charge in [-0.3, -0.25) is 5.73 Å². The van der Waals surface area contributed by atoms with Crippen LogP contribution in [-0.4, -0.2) is 45.2 Å². The monoisotopic (exact) mass is 651 g/mol. The molecule has 3 atom stereocenters. The molecule has 0 fully saturated rings. The van der Waals surface area contributed by atoms with Crippen molar-refractivity contribution in [2.45, 2.75) is 96.2 Å².